The molecule has 1 heterocycles. The van der Waals surface area contributed by atoms with Crippen molar-refractivity contribution < 1.29 is 9.53 Å². The highest BCUT2D eigenvalue weighted by atomic mass is 16.5. The first kappa shape index (κ1) is 15.7. The summed E-state index contributed by atoms with van der Waals surface area (Å²) in [4.78, 5) is 16.4. The van der Waals surface area contributed by atoms with Gasteiger partial charge >= 0.3 is 5.97 Å². The molecule has 0 unspecified atom stereocenters. The number of carbonyl (C=O) groups is 1. The fourth-order valence-corrected chi connectivity index (χ4v) is 4.26. The average molecular weight is 352 g/mol. The number of fused-ring (bicyclic) bond motifs is 7. The molecule has 4 aromatic rings. The minimum absolute atomic E-state index is 0.265. The Morgan fingerprint density at radius 1 is 1.19 bits per heavy atom. The maximum absolute atomic E-state index is 12.9. The van der Waals surface area contributed by atoms with Crippen molar-refractivity contribution in [3.63, 3.8) is 0 Å². The largest absolute Gasteiger partial charge is 0.462 e. The Bertz CT molecular complexity index is 1290. The van der Waals surface area contributed by atoms with E-state index in [1.807, 2.05) is 42.5 Å². The van der Waals surface area contributed by atoms with Crippen molar-refractivity contribution in [1.29, 1.82) is 5.26 Å². The quantitative estimate of drug-likeness (QED) is 0.458. The van der Waals surface area contributed by atoms with Crippen molar-refractivity contribution in [3.05, 3.63) is 70.8 Å². The summed E-state index contributed by atoms with van der Waals surface area (Å²) in [5, 5.41) is 11.7. The third-order valence-corrected chi connectivity index (χ3v) is 5.30. The van der Waals surface area contributed by atoms with Crippen molar-refractivity contribution in [3.8, 4) is 17.2 Å². The molecule has 1 N–H and O–H groups in total. The monoisotopic (exact) mass is 352 g/mol. The van der Waals surface area contributed by atoms with Crippen LogP contribution in [0.25, 0.3) is 32.9 Å². The van der Waals surface area contributed by atoms with Gasteiger partial charge in [-0.05, 0) is 29.7 Å². The number of rotatable bonds is 2. The molecule has 27 heavy (non-hydrogen) atoms. The molecule has 0 atom stereocenters. The van der Waals surface area contributed by atoms with Crippen LogP contribution >= 0.6 is 0 Å². The lowest BCUT2D eigenvalue weighted by Crippen LogP contribution is -2.09. The van der Waals surface area contributed by atoms with Crippen LogP contribution in [0, 0.1) is 11.3 Å². The summed E-state index contributed by atoms with van der Waals surface area (Å²) in [6.45, 7) is 2.04. The number of nitrogens with one attached hydrogen (secondary N) is 1. The molecule has 130 valence electrons. The lowest BCUT2D eigenvalue weighted by Gasteiger charge is -2.12. The number of hydrogen-bond donors (Lipinski definition) is 1. The van der Waals surface area contributed by atoms with Gasteiger partial charge in [-0.25, -0.2) is 4.79 Å². The summed E-state index contributed by atoms with van der Waals surface area (Å²) in [7, 11) is 0. The van der Waals surface area contributed by atoms with E-state index in [0.717, 1.165) is 44.9 Å². The van der Waals surface area contributed by atoms with Gasteiger partial charge in [0.1, 0.15) is 6.07 Å². The number of para-hydroxylation sites is 1. The van der Waals surface area contributed by atoms with Gasteiger partial charge in [-0.15, -0.1) is 0 Å². The first-order valence-electron chi connectivity index (χ1n) is 8.99. The second kappa shape index (κ2) is 5.72. The minimum Gasteiger partial charge on any atom is -0.462 e. The minimum atomic E-state index is -0.448. The highest BCUT2D eigenvalue weighted by Gasteiger charge is 2.31. The molecule has 4 heteroatoms. The fourth-order valence-electron chi connectivity index (χ4n) is 4.26. The lowest BCUT2D eigenvalue weighted by molar-refractivity contribution is 0.0528. The van der Waals surface area contributed by atoms with Crippen LogP contribution in [-0.4, -0.2) is 17.6 Å². The van der Waals surface area contributed by atoms with E-state index in [9.17, 15) is 10.1 Å². The number of hydrogen-bond acceptors (Lipinski definition) is 3. The fraction of sp³-hybridized carbons (Fsp3) is 0.130. The van der Waals surface area contributed by atoms with E-state index in [0.29, 0.717) is 11.1 Å². The molecule has 0 saturated heterocycles. The second-order valence-electron chi connectivity index (χ2n) is 6.69. The molecule has 1 aliphatic carbocycles. The zero-order valence-electron chi connectivity index (χ0n) is 14.8. The van der Waals surface area contributed by atoms with E-state index < -0.39 is 5.97 Å². The summed E-state index contributed by atoms with van der Waals surface area (Å²) < 4.78 is 5.34. The molecule has 0 fully saturated rings. The molecular formula is C23H16N2O2. The number of benzene rings is 3. The molecule has 3 aromatic carbocycles. The number of aromatic nitrogens is 1. The Morgan fingerprint density at radius 2 is 1.96 bits per heavy atom. The Morgan fingerprint density at radius 3 is 2.78 bits per heavy atom. The summed E-state index contributed by atoms with van der Waals surface area (Å²) in [6.07, 6.45) is 0.743. The normalized spacial score (nSPS) is 12.0. The number of H-pyrrole nitrogens is 1. The lowest BCUT2D eigenvalue weighted by atomic mass is 9.91. The maximum Gasteiger partial charge on any atom is 0.340 e. The molecule has 1 aliphatic rings. The SMILES string of the molecule is CCOC(=O)c1c(C#N)c2c(c3[nH]c4ccccc4c13)Cc1ccccc1-2. The van der Waals surface area contributed by atoms with Gasteiger partial charge in [0.2, 0.25) is 0 Å². The van der Waals surface area contributed by atoms with Gasteiger partial charge in [0.15, 0.2) is 0 Å². The van der Waals surface area contributed by atoms with E-state index in [4.69, 9.17) is 4.74 Å². The van der Waals surface area contributed by atoms with Gasteiger partial charge in [-0.1, -0.05) is 42.5 Å². The van der Waals surface area contributed by atoms with Gasteiger partial charge in [0.05, 0.1) is 23.3 Å². The first-order chi connectivity index (χ1) is 13.2. The molecule has 0 radical (unpaired) electrons. The first-order valence-corrected chi connectivity index (χ1v) is 8.99. The van der Waals surface area contributed by atoms with Crippen molar-refractivity contribution in [1.82, 2.24) is 4.98 Å². The highest BCUT2D eigenvalue weighted by Crippen LogP contribution is 2.46. The molecule has 4 nitrogen and oxygen atoms in total. The zero-order valence-corrected chi connectivity index (χ0v) is 14.8. The molecule has 0 bridgehead atoms. The van der Waals surface area contributed by atoms with Crippen LogP contribution in [0.5, 0.6) is 0 Å². The van der Waals surface area contributed by atoms with Crippen LogP contribution < -0.4 is 0 Å². The number of ether oxygens (including phenoxy) is 1. The Hall–Kier alpha value is -3.58. The van der Waals surface area contributed by atoms with Crippen molar-refractivity contribution in [2.75, 3.05) is 6.61 Å². The van der Waals surface area contributed by atoms with Gasteiger partial charge in [-0.3, -0.25) is 0 Å². The smallest absolute Gasteiger partial charge is 0.340 e. The highest BCUT2D eigenvalue weighted by molar-refractivity contribution is 6.21. The third kappa shape index (κ3) is 2.06. The van der Waals surface area contributed by atoms with Crippen LogP contribution in [0.2, 0.25) is 0 Å². The Labute approximate surface area is 156 Å². The standard InChI is InChI=1S/C23H16N2O2/c1-2-27-23(26)21-17(12-24)19-14-8-4-3-7-13(14)11-16(19)22-20(21)15-9-5-6-10-18(15)25-22/h3-10,25H,2,11H2,1H3. The van der Waals surface area contributed by atoms with Crippen molar-refractivity contribution >= 4 is 27.8 Å². The summed E-state index contributed by atoms with van der Waals surface area (Å²) in [6, 6.07) is 18.3. The molecule has 0 amide bonds. The van der Waals surface area contributed by atoms with Crippen LogP contribution in [0.15, 0.2) is 48.5 Å². The van der Waals surface area contributed by atoms with E-state index in [1.54, 1.807) is 6.92 Å². The summed E-state index contributed by atoms with van der Waals surface area (Å²) in [5.74, 6) is -0.448. The summed E-state index contributed by atoms with van der Waals surface area (Å²) >= 11 is 0. The van der Waals surface area contributed by atoms with E-state index in [2.05, 4.69) is 17.1 Å². The van der Waals surface area contributed by atoms with Gasteiger partial charge in [-0.2, -0.15) is 5.26 Å². The Kier molecular flexibility index (Phi) is 3.32. The molecule has 0 spiro atoms. The van der Waals surface area contributed by atoms with Gasteiger partial charge in [0.25, 0.3) is 0 Å². The van der Waals surface area contributed by atoms with E-state index in [1.165, 1.54) is 5.56 Å². The predicted molar refractivity (Wildman–Crippen MR) is 105 cm³/mol. The molecule has 5 rings (SSSR count). The van der Waals surface area contributed by atoms with E-state index in [-0.39, 0.29) is 6.61 Å². The maximum atomic E-state index is 12.9. The topological polar surface area (TPSA) is 65.9 Å². The van der Waals surface area contributed by atoms with Gasteiger partial charge in [0, 0.05) is 28.3 Å². The molecule has 0 saturated carbocycles. The average Bonchev–Trinajstić information content (AvgIpc) is 3.26. The van der Waals surface area contributed by atoms with Crippen molar-refractivity contribution in [2.45, 2.75) is 13.3 Å². The predicted octanol–water partition coefficient (Wildman–Crippen LogP) is 4.94. The third-order valence-electron chi connectivity index (χ3n) is 5.30. The number of carbonyl (C=O) groups excluding carboxylic acids is 1. The van der Waals surface area contributed by atoms with Crippen LogP contribution in [0.3, 0.4) is 0 Å². The Balaban J connectivity index is 2.01. The molecule has 1 aromatic heterocycles. The van der Waals surface area contributed by atoms with Crippen molar-refractivity contribution in [2.24, 2.45) is 0 Å². The van der Waals surface area contributed by atoms with Crippen LogP contribution in [-0.2, 0) is 11.2 Å². The number of nitriles is 1. The second-order valence-corrected chi connectivity index (χ2v) is 6.69. The number of aromatic amines is 1. The van der Waals surface area contributed by atoms with Crippen LogP contribution in [0.1, 0.15) is 34.0 Å². The van der Waals surface area contributed by atoms with Gasteiger partial charge < -0.3 is 9.72 Å². The molecular weight excluding hydrogens is 336 g/mol. The van der Waals surface area contributed by atoms with E-state index >= 15 is 0 Å². The molecule has 0 aliphatic heterocycles. The number of esters is 1. The zero-order chi connectivity index (χ0) is 18.5. The van der Waals surface area contributed by atoms with Crippen LogP contribution in [0.4, 0.5) is 0 Å². The summed E-state index contributed by atoms with van der Waals surface area (Å²) in [5.41, 5.74) is 6.77. The number of nitrogens with zero attached hydrogens (tertiary/aromatic N) is 1.